The van der Waals surface area contributed by atoms with Crippen molar-refractivity contribution in [3.8, 4) is 5.69 Å². The molecule has 3 aromatic rings. The lowest BCUT2D eigenvalue weighted by Gasteiger charge is -2.06. The molecule has 3 rings (SSSR count). The Bertz CT molecular complexity index is 759. The van der Waals surface area contributed by atoms with E-state index in [4.69, 9.17) is 0 Å². The molecular weight excluding hydrogens is 252 g/mol. The largest absolute Gasteiger partial charge is 0.298 e. The number of benzene rings is 2. The smallest absolute Gasteiger partial charge is 0.152 e. The summed E-state index contributed by atoms with van der Waals surface area (Å²) in [5.41, 5.74) is 0.599. The van der Waals surface area contributed by atoms with Gasteiger partial charge in [0.1, 0.15) is 17.5 Å². The molecule has 0 atom stereocenters. The molecule has 0 N–H and O–H groups in total. The van der Waals surface area contributed by atoms with Gasteiger partial charge >= 0.3 is 0 Å². The number of hydrogen-bond donors (Lipinski definition) is 0. The normalized spacial score (nSPS) is 10.8. The molecule has 0 radical (unpaired) electrons. The first kappa shape index (κ1) is 11.5. The predicted molar refractivity (Wildman–Crippen MR) is 64.2 cm³/mol. The van der Waals surface area contributed by atoms with E-state index in [1.165, 1.54) is 0 Å². The number of fused-ring (bicyclic) bond motifs is 1. The van der Waals surface area contributed by atoms with E-state index in [-0.39, 0.29) is 11.3 Å². The first-order valence-electron chi connectivity index (χ1n) is 5.46. The number of aromatic nitrogens is 3. The number of nitrogens with zero attached hydrogens (tertiary/aromatic N) is 3. The van der Waals surface area contributed by atoms with Gasteiger partial charge in [-0.05, 0) is 24.3 Å². The average molecular weight is 259 g/mol. The van der Waals surface area contributed by atoms with Crippen molar-refractivity contribution in [1.29, 1.82) is 0 Å². The second-order valence-electron chi connectivity index (χ2n) is 3.94. The van der Waals surface area contributed by atoms with Crippen LogP contribution in [-0.4, -0.2) is 21.3 Å². The third-order valence-electron chi connectivity index (χ3n) is 2.74. The van der Waals surface area contributed by atoms with Crippen molar-refractivity contribution in [3.05, 3.63) is 53.6 Å². The van der Waals surface area contributed by atoms with Crippen LogP contribution in [0.15, 0.2) is 36.4 Å². The van der Waals surface area contributed by atoms with Gasteiger partial charge in [-0.1, -0.05) is 17.3 Å². The van der Waals surface area contributed by atoms with Crippen molar-refractivity contribution in [2.24, 2.45) is 0 Å². The van der Waals surface area contributed by atoms with Crippen LogP contribution in [0.25, 0.3) is 16.7 Å². The molecule has 0 aliphatic heterocycles. The lowest BCUT2D eigenvalue weighted by Crippen LogP contribution is -2.04. The summed E-state index contributed by atoms with van der Waals surface area (Å²) in [5.74, 6) is -1.73. The summed E-state index contributed by atoms with van der Waals surface area (Å²) in [6, 6.07) is 8.74. The molecule has 0 aliphatic rings. The Labute approximate surface area is 106 Å². The second kappa shape index (κ2) is 4.24. The third kappa shape index (κ3) is 1.77. The topological polar surface area (TPSA) is 47.8 Å². The fourth-order valence-electron chi connectivity index (χ4n) is 1.89. The van der Waals surface area contributed by atoms with Crippen molar-refractivity contribution in [1.82, 2.24) is 15.0 Å². The van der Waals surface area contributed by atoms with Crippen LogP contribution in [0.2, 0.25) is 0 Å². The van der Waals surface area contributed by atoms with Crippen LogP contribution in [0.4, 0.5) is 8.78 Å². The van der Waals surface area contributed by atoms with Crippen LogP contribution in [-0.2, 0) is 0 Å². The van der Waals surface area contributed by atoms with Crippen molar-refractivity contribution in [3.63, 3.8) is 0 Å². The zero-order chi connectivity index (χ0) is 13.4. The van der Waals surface area contributed by atoms with Crippen LogP contribution in [0.3, 0.4) is 0 Å². The summed E-state index contributed by atoms with van der Waals surface area (Å²) in [6.45, 7) is 0. The van der Waals surface area contributed by atoms with Crippen molar-refractivity contribution in [2.75, 3.05) is 0 Å². The van der Waals surface area contributed by atoms with Crippen molar-refractivity contribution in [2.45, 2.75) is 0 Å². The quantitative estimate of drug-likeness (QED) is 0.664. The molecular formula is C13H7F2N3O. The first-order chi connectivity index (χ1) is 9.20. The van der Waals surface area contributed by atoms with E-state index in [0.717, 1.165) is 16.8 Å². The zero-order valence-corrected chi connectivity index (χ0v) is 9.55. The summed E-state index contributed by atoms with van der Waals surface area (Å²) in [7, 11) is 0. The van der Waals surface area contributed by atoms with Gasteiger partial charge in [-0.3, -0.25) is 4.79 Å². The monoisotopic (exact) mass is 259 g/mol. The molecule has 6 heteroatoms. The summed E-state index contributed by atoms with van der Waals surface area (Å²) in [4.78, 5) is 10.6. The molecule has 2 aromatic carbocycles. The average Bonchev–Trinajstić information content (AvgIpc) is 2.82. The van der Waals surface area contributed by atoms with E-state index >= 15 is 0 Å². The highest BCUT2D eigenvalue weighted by molar-refractivity contribution is 5.78. The molecule has 0 bridgehead atoms. The molecule has 1 heterocycles. The van der Waals surface area contributed by atoms with E-state index in [9.17, 15) is 13.6 Å². The Kier molecular flexibility index (Phi) is 2.56. The molecule has 0 fully saturated rings. The maximum absolute atomic E-state index is 13.9. The maximum atomic E-state index is 13.9. The Hall–Kier alpha value is -2.63. The van der Waals surface area contributed by atoms with Gasteiger partial charge in [-0.25, -0.2) is 13.5 Å². The molecule has 0 saturated heterocycles. The van der Waals surface area contributed by atoms with E-state index in [1.807, 2.05) is 0 Å². The molecule has 1 aromatic heterocycles. The lowest BCUT2D eigenvalue weighted by molar-refractivity contribution is 0.112. The van der Waals surface area contributed by atoms with E-state index in [2.05, 4.69) is 10.3 Å². The van der Waals surface area contributed by atoms with Crippen LogP contribution in [0, 0.1) is 11.6 Å². The maximum Gasteiger partial charge on any atom is 0.152 e. The van der Waals surface area contributed by atoms with Gasteiger partial charge in [0.2, 0.25) is 0 Å². The Morgan fingerprint density at radius 1 is 1.11 bits per heavy atom. The Balaban J connectivity index is 2.30. The highest BCUT2D eigenvalue weighted by atomic mass is 19.1. The van der Waals surface area contributed by atoms with Crippen LogP contribution >= 0.6 is 0 Å². The summed E-state index contributed by atoms with van der Waals surface area (Å²) >= 11 is 0. The van der Waals surface area contributed by atoms with Gasteiger partial charge in [0, 0.05) is 5.56 Å². The number of carbonyl (C=O) groups excluding carboxylic acids is 1. The summed E-state index contributed by atoms with van der Waals surface area (Å²) in [6.07, 6.45) is 0.384. The van der Waals surface area contributed by atoms with Crippen molar-refractivity contribution >= 4 is 17.3 Å². The SMILES string of the molecule is O=Cc1cc(F)c(-n2nnc3ccccc32)c(F)c1. The number of halogens is 2. The number of rotatable bonds is 2. The first-order valence-corrected chi connectivity index (χ1v) is 5.46. The molecule has 0 amide bonds. The van der Waals surface area contributed by atoms with E-state index < -0.39 is 11.6 Å². The number of para-hydroxylation sites is 1. The van der Waals surface area contributed by atoms with E-state index in [1.54, 1.807) is 24.3 Å². The molecule has 0 saturated carbocycles. The fraction of sp³-hybridized carbons (Fsp3) is 0. The highest BCUT2D eigenvalue weighted by Crippen LogP contribution is 2.22. The van der Waals surface area contributed by atoms with Crippen molar-refractivity contribution < 1.29 is 13.6 Å². The minimum Gasteiger partial charge on any atom is -0.298 e. The minimum absolute atomic E-state index is 0.0665. The summed E-state index contributed by atoms with van der Waals surface area (Å²) < 4.78 is 28.9. The van der Waals surface area contributed by atoms with E-state index in [0.29, 0.717) is 17.3 Å². The van der Waals surface area contributed by atoms with Gasteiger partial charge in [-0.2, -0.15) is 0 Å². The molecule has 4 nitrogen and oxygen atoms in total. The predicted octanol–water partition coefficient (Wildman–Crippen LogP) is 2.51. The number of aldehydes is 1. The third-order valence-corrected chi connectivity index (χ3v) is 2.74. The molecule has 0 spiro atoms. The van der Waals surface area contributed by atoms with Gasteiger partial charge in [-0.15, -0.1) is 5.10 Å². The molecule has 0 aliphatic carbocycles. The molecule has 19 heavy (non-hydrogen) atoms. The van der Waals surface area contributed by atoms with Gasteiger partial charge in [0.25, 0.3) is 0 Å². The van der Waals surface area contributed by atoms with Crippen LogP contribution in [0.5, 0.6) is 0 Å². The second-order valence-corrected chi connectivity index (χ2v) is 3.94. The summed E-state index contributed by atoms with van der Waals surface area (Å²) in [5, 5.41) is 7.57. The number of hydrogen-bond acceptors (Lipinski definition) is 3. The minimum atomic E-state index is -0.863. The van der Waals surface area contributed by atoms with Crippen LogP contribution < -0.4 is 0 Å². The standard InChI is InChI=1S/C13H7F2N3O/c14-9-5-8(7-19)6-10(15)13(9)18-12-4-2-1-3-11(12)16-17-18/h1-7H. The fourth-order valence-corrected chi connectivity index (χ4v) is 1.89. The van der Waals surface area contributed by atoms with Gasteiger partial charge < -0.3 is 0 Å². The zero-order valence-electron chi connectivity index (χ0n) is 9.55. The molecule has 94 valence electrons. The van der Waals surface area contributed by atoms with Gasteiger partial charge in [0.15, 0.2) is 11.6 Å². The number of carbonyl (C=O) groups is 1. The highest BCUT2D eigenvalue weighted by Gasteiger charge is 2.16. The lowest BCUT2D eigenvalue weighted by atomic mass is 10.2. The Morgan fingerprint density at radius 3 is 2.47 bits per heavy atom. The Morgan fingerprint density at radius 2 is 1.79 bits per heavy atom. The van der Waals surface area contributed by atoms with Gasteiger partial charge in [0.05, 0.1) is 5.52 Å². The molecule has 0 unspecified atom stereocenters. The van der Waals surface area contributed by atoms with Crippen LogP contribution in [0.1, 0.15) is 10.4 Å².